The number of aryl methyl sites for hydroxylation is 1. The molecule has 0 radical (unpaired) electrons. The predicted octanol–water partition coefficient (Wildman–Crippen LogP) is 6.02. The third-order valence-corrected chi connectivity index (χ3v) is 5.37. The Balaban J connectivity index is 1.60. The van der Waals surface area contributed by atoms with Gasteiger partial charge in [-0.15, -0.1) is 0 Å². The lowest BCUT2D eigenvalue weighted by Crippen LogP contribution is -2.06. The highest BCUT2D eigenvalue weighted by Gasteiger charge is 2.11. The first-order chi connectivity index (χ1) is 13.6. The Hall–Kier alpha value is -3.04. The molecule has 0 saturated heterocycles. The van der Waals surface area contributed by atoms with E-state index in [1.54, 1.807) is 0 Å². The minimum atomic E-state index is 0.595. The fourth-order valence-corrected chi connectivity index (χ4v) is 3.78. The first kappa shape index (κ1) is 18.3. The maximum Gasteiger partial charge on any atom is 0.0594 e. The number of halogens is 1. The van der Waals surface area contributed by atoms with Crippen molar-refractivity contribution in [3.05, 3.63) is 100 Å². The molecule has 1 heterocycles. The third-order valence-electron chi connectivity index (χ3n) is 5.00. The van der Waals surface area contributed by atoms with Crippen LogP contribution in [0, 0.1) is 13.8 Å². The smallest absolute Gasteiger partial charge is 0.0594 e. The molecule has 3 aromatic carbocycles. The van der Waals surface area contributed by atoms with Crippen molar-refractivity contribution in [1.29, 1.82) is 0 Å². The van der Waals surface area contributed by atoms with E-state index in [4.69, 9.17) is 11.6 Å². The van der Waals surface area contributed by atoms with Gasteiger partial charge in [-0.05, 0) is 43.0 Å². The summed E-state index contributed by atoms with van der Waals surface area (Å²) in [5.41, 5.74) is 8.75. The minimum Gasteiger partial charge on any atom is -0.317 e. The van der Waals surface area contributed by atoms with E-state index in [0.717, 1.165) is 21.8 Å². The van der Waals surface area contributed by atoms with Crippen LogP contribution in [0.4, 0.5) is 0 Å². The molecule has 1 aromatic heterocycles. The maximum atomic E-state index is 6.19. The molecule has 1 N–H and O–H groups in total. The zero-order chi connectivity index (χ0) is 19.5. The van der Waals surface area contributed by atoms with E-state index in [2.05, 4.69) is 77.5 Å². The first-order valence-corrected chi connectivity index (χ1v) is 9.69. The second-order valence-electron chi connectivity index (χ2n) is 6.84. The monoisotopic (exact) mass is 387 g/mol. The van der Waals surface area contributed by atoms with E-state index in [1.165, 1.54) is 22.2 Å². The Morgan fingerprint density at radius 1 is 0.964 bits per heavy atom. The Labute approximate surface area is 170 Å². The first-order valence-electron chi connectivity index (χ1n) is 9.31. The van der Waals surface area contributed by atoms with Gasteiger partial charge in [0.15, 0.2) is 0 Å². The molecule has 0 fully saturated rings. The number of aromatic nitrogens is 1. The summed E-state index contributed by atoms with van der Waals surface area (Å²) >= 11 is 6.19. The lowest BCUT2D eigenvalue weighted by atomic mass is 10.1. The van der Waals surface area contributed by atoms with Gasteiger partial charge in [0, 0.05) is 27.4 Å². The average Bonchev–Trinajstić information content (AvgIpc) is 2.99. The summed E-state index contributed by atoms with van der Waals surface area (Å²) in [6.45, 7) is 4.85. The zero-order valence-electron chi connectivity index (χ0n) is 16.0. The van der Waals surface area contributed by atoms with E-state index < -0.39 is 0 Å². The minimum absolute atomic E-state index is 0.595. The van der Waals surface area contributed by atoms with E-state index in [-0.39, 0.29) is 0 Å². The molecule has 0 spiro atoms. The number of hydrogen-bond donors (Lipinski definition) is 1. The number of benzene rings is 3. The van der Waals surface area contributed by atoms with Crippen molar-refractivity contribution in [3.8, 4) is 5.69 Å². The molecule has 4 heteroatoms. The van der Waals surface area contributed by atoms with Crippen molar-refractivity contribution in [2.45, 2.75) is 20.4 Å². The van der Waals surface area contributed by atoms with Gasteiger partial charge < -0.3 is 9.99 Å². The average molecular weight is 388 g/mol. The number of hydrazone groups is 1. The molecule has 4 rings (SSSR count). The van der Waals surface area contributed by atoms with Crippen LogP contribution in [0.1, 0.15) is 22.5 Å². The van der Waals surface area contributed by atoms with Crippen LogP contribution in [0.25, 0.3) is 16.5 Å². The Bertz CT molecular complexity index is 1150. The zero-order valence-corrected chi connectivity index (χ0v) is 16.7. The molecular weight excluding hydrogens is 366 g/mol. The molecule has 0 aliphatic rings. The van der Waals surface area contributed by atoms with Crippen molar-refractivity contribution < 1.29 is 0 Å². The molecule has 0 atom stereocenters. The van der Waals surface area contributed by atoms with E-state index in [9.17, 15) is 0 Å². The standard InChI is InChI=1S/C24H22ClN3/c1-17-14-21(16-27-26-15-20-9-4-6-12-23(20)25)18(2)28(17)24-13-7-10-19-8-3-5-11-22(19)24/h3-14,16,26H,15H2,1-2H3/b27-16-. The molecule has 0 bridgehead atoms. The number of fused-ring (bicyclic) bond motifs is 1. The van der Waals surface area contributed by atoms with Crippen LogP contribution in [-0.4, -0.2) is 10.8 Å². The topological polar surface area (TPSA) is 29.3 Å². The van der Waals surface area contributed by atoms with Crippen LogP contribution >= 0.6 is 11.6 Å². The summed E-state index contributed by atoms with van der Waals surface area (Å²) in [7, 11) is 0. The van der Waals surface area contributed by atoms with Crippen molar-refractivity contribution in [3.63, 3.8) is 0 Å². The van der Waals surface area contributed by atoms with E-state index in [1.807, 2.05) is 30.5 Å². The van der Waals surface area contributed by atoms with Crippen LogP contribution in [0.2, 0.25) is 5.02 Å². The molecule has 0 aliphatic carbocycles. The lowest BCUT2D eigenvalue weighted by Gasteiger charge is -2.13. The molecule has 0 saturated carbocycles. The summed E-state index contributed by atoms with van der Waals surface area (Å²) in [6.07, 6.45) is 1.88. The van der Waals surface area contributed by atoms with Gasteiger partial charge in [0.25, 0.3) is 0 Å². The normalized spacial score (nSPS) is 11.4. The highest BCUT2D eigenvalue weighted by molar-refractivity contribution is 6.31. The summed E-state index contributed by atoms with van der Waals surface area (Å²) in [5.74, 6) is 0. The van der Waals surface area contributed by atoms with Crippen molar-refractivity contribution in [2.75, 3.05) is 0 Å². The van der Waals surface area contributed by atoms with Crippen LogP contribution < -0.4 is 5.43 Å². The van der Waals surface area contributed by atoms with Crippen molar-refractivity contribution >= 4 is 28.6 Å². The largest absolute Gasteiger partial charge is 0.317 e. The van der Waals surface area contributed by atoms with Gasteiger partial charge in [-0.1, -0.05) is 66.2 Å². The SMILES string of the molecule is Cc1cc(/C=N\NCc2ccccc2Cl)c(C)n1-c1cccc2ccccc12. The molecule has 140 valence electrons. The van der Waals surface area contributed by atoms with Crippen LogP contribution in [-0.2, 0) is 6.54 Å². The van der Waals surface area contributed by atoms with Gasteiger partial charge >= 0.3 is 0 Å². The number of nitrogens with zero attached hydrogens (tertiary/aromatic N) is 2. The van der Waals surface area contributed by atoms with E-state index in [0.29, 0.717) is 6.54 Å². The second kappa shape index (κ2) is 7.91. The number of hydrogen-bond acceptors (Lipinski definition) is 2. The molecule has 0 aliphatic heterocycles. The van der Waals surface area contributed by atoms with Gasteiger partial charge in [0.05, 0.1) is 18.4 Å². The summed E-state index contributed by atoms with van der Waals surface area (Å²) in [4.78, 5) is 0. The highest BCUT2D eigenvalue weighted by atomic mass is 35.5. The summed E-state index contributed by atoms with van der Waals surface area (Å²) in [5, 5.41) is 7.63. The molecular formula is C24H22ClN3. The number of rotatable bonds is 5. The Morgan fingerprint density at radius 3 is 2.57 bits per heavy atom. The van der Waals surface area contributed by atoms with Gasteiger partial charge in [-0.2, -0.15) is 5.10 Å². The fourth-order valence-electron chi connectivity index (χ4n) is 3.58. The van der Waals surface area contributed by atoms with Crippen LogP contribution in [0.5, 0.6) is 0 Å². The van der Waals surface area contributed by atoms with Gasteiger partial charge in [-0.3, -0.25) is 0 Å². The van der Waals surface area contributed by atoms with E-state index >= 15 is 0 Å². The van der Waals surface area contributed by atoms with Gasteiger partial charge in [0.1, 0.15) is 0 Å². The molecule has 0 amide bonds. The predicted molar refractivity (Wildman–Crippen MR) is 119 cm³/mol. The quantitative estimate of drug-likeness (QED) is 0.329. The van der Waals surface area contributed by atoms with Gasteiger partial charge in [0.2, 0.25) is 0 Å². The molecule has 0 unspecified atom stereocenters. The third kappa shape index (κ3) is 3.54. The van der Waals surface area contributed by atoms with Gasteiger partial charge in [-0.25, -0.2) is 0 Å². The molecule has 28 heavy (non-hydrogen) atoms. The lowest BCUT2D eigenvalue weighted by molar-refractivity contribution is 0.748. The van der Waals surface area contributed by atoms with Crippen LogP contribution in [0.3, 0.4) is 0 Å². The van der Waals surface area contributed by atoms with Crippen molar-refractivity contribution in [2.24, 2.45) is 5.10 Å². The Kier molecular flexibility index (Phi) is 5.18. The summed E-state index contributed by atoms with van der Waals surface area (Å²) in [6, 6.07) is 24.8. The number of nitrogens with one attached hydrogen (secondary N) is 1. The Morgan fingerprint density at radius 2 is 1.71 bits per heavy atom. The summed E-state index contributed by atoms with van der Waals surface area (Å²) < 4.78 is 2.29. The fraction of sp³-hybridized carbons (Fsp3) is 0.125. The molecule has 4 aromatic rings. The molecule has 3 nitrogen and oxygen atoms in total. The van der Waals surface area contributed by atoms with Crippen molar-refractivity contribution in [1.82, 2.24) is 9.99 Å². The second-order valence-corrected chi connectivity index (χ2v) is 7.25. The van der Waals surface area contributed by atoms with Crippen LogP contribution in [0.15, 0.2) is 77.9 Å². The maximum absolute atomic E-state index is 6.19. The highest BCUT2D eigenvalue weighted by Crippen LogP contribution is 2.26.